The predicted octanol–water partition coefficient (Wildman–Crippen LogP) is 3.73. The average molecular weight is 492 g/mol. The molecule has 182 valence electrons. The van der Waals surface area contributed by atoms with Crippen LogP contribution < -0.4 is 10.9 Å². The molecule has 35 heavy (non-hydrogen) atoms. The highest BCUT2D eigenvalue weighted by atomic mass is 32.2. The van der Waals surface area contributed by atoms with E-state index >= 15 is 0 Å². The van der Waals surface area contributed by atoms with Crippen molar-refractivity contribution in [2.75, 3.05) is 5.32 Å². The second kappa shape index (κ2) is 9.33. The first-order valence-corrected chi connectivity index (χ1v) is 12.8. The number of hydrogen-bond donors (Lipinski definition) is 1. The van der Waals surface area contributed by atoms with Crippen LogP contribution in [0.15, 0.2) is 40.3 Å². The number of aryl methyl sites for hydroxylation is 2. The van der Waals surface area contributed by atoms with Crippen LogP contribution in [0.3, 0.4) is 0 Å². The van der Waals surface area contributed by atoms with Gasteiger partial charge >= 0.3 is 0 Å². The molecule has 0 fully saturated rings. The van der Waals surface area contributed by atoms with Gasteiger partial charge in [-0.15, -0.1) is 5.10 Å². The van der Waals surface area contributed by atoms with Crippen LogP contribution in [-0.4, -0.2) is 40.3 Å². The lowest BCUT2D eigenvalue weighted by molar-refractivity contribution is -0.115. The van der Waals surface area contributed by atoms with Gasteiger partial charge in [-0.3, -0.25) is 14.3 Å². The van der Waals surface area contributed by atoms with Crippen LogP contribution in [-0.2, 0) is 24.8 Å². The molecule has 3 aliphatic rings. The molecular formula is C25H29N7O2S. The third-order valence-corrected chi connectivity index (χ3v) is 7.67. The molecule has 10 heteroatoms. The number of para-hydroxylation sites is 1. The first-order valence-electron chi connectivity index (χ1n) is 11.9. The maximum Gasteiger partial charge on any atom is 0.284 e. The van der Waals surface area contributed by atoms with Crippen molar-refractivity contribution in [2.45, 2.75) is 63.4 Å². The number of thioether (sulfide) groups is 1. The van der Waals surface area contributed by atoms with Gasteiger partial charge in [0.25, 0.3) is 5.56 Å². The van der Waals surface area contributed by atoms with E-state index in [0.717, 1.165) is 60.2 Å². The van der Waals surface area contributed by atoms with Gasteiger partial charge in [-0.05, 0) is 52.2 Å². The quantitative estimate of drug-likeness (QED) is 0.337. The Labute approximate surface area is 207 Å². The summed E-state index contributed by atoms with van der Waals surface area (Å²) in [5, 5.41) is 12.3. The molecule has 0 spiro atoms. The summed E-state index contributed by atoms with van der Waals surface area (Å²) in [5.74, 6) is 0.319. The minimum absolute atomic E-state index is 0.113. The molecule has 0 saturated heterocycles. The van der Waals surface area contributed by atoms with Crippen LogP contribution in [0.5, 0.6) is 0 Å². The largest absolute Gasteiger partial charge is 0.324 e. The molecule has 0 radical (unpaired) electrons. The number of benzene rings is 1. The van der Waals surface area contributed by atoms with Crippen molar-refractivity contribution in [3.8, 4) is 17.1 Å². The molecule has 1 N–H and O–H groups in total. The summed E-state index contributed by atoms with van der Waals surface area (Å²) in [6.07, 6.45) is 3.89. The molecule has 0 aliphatic carbocycles. The fourth-order valence-electron chi connectivity index (χ4n) is 4.58. The molecule has 5 rings (SSSR count). The molecule has 4 heterocycles. The van der Waals surface area contributed by atoms with E-state index in [1.165, 1.54) is 16.4 Å². The van der Waals surface area contributed by atoms with Crippen LogP contribution in [0.1, 0.15) is 43.3 Å². The van der Waals surface area contributed by atoms with E-state index in [9.17, 15) is 9.59 Å². The Morgan fingerprint density at radius 2 is 1.89 bits per heavy atom. The molecule has 1 aromatic carbocycles. The number of anilines is 1. The molecule has 0 unspecified atom stereocenters. The number of fused-ring (bicyclic) bond motifs is 3. The van der Waals surface area contributed by atoms with Crippen molar-refractivity contribution >= 4 is 23.4 Å². The van der Waals surface area contributed by atoms with Crippen molar-refractivity contribution in [3.63, 3.8) is 0 Å². The molecular weight excluding hydrogens is 462 g/mol. The Balaban J connectivity index is 1.52. The molecule has 1 atom stereocenters. The van der Waals surface area contributed by atoms with Crippen molar-refractivity contribution in [1.82, 2.24) is 29.1 Å². The van der Waals surface area contributed by atoms with E-state index in [1.54, 1.807) is 4.68 Å². The van der Waals surface area contributed by atoms with Crippen molar-refractivity contribution in [3.05, 3.63) is 57.8 Å². The van der Waals surface area contributed by atoms with Gasteiger partial charge in [0.1, 0.15) is 5.56 Å². The Bertz CT molecular complexity index is 1420. The lowest BCUT2D eigenvalue weighted by atomic mass is 10.1. The zero-order chi connectivity index (χ0) is 24.7. The number of carbonyl (C=O) groups excluding carboxylic acids is 1. The third-order valence-electron chi connectivity index (χ3n) is 6.58. The monoisotopic (exact) mass is 491 g/mol. The van der Waals surface area contributed by atoms with Crippen LogP contribution in [0, 0.1) is 13.8 Å². The number of amides is 1. The molecule has 9 nitrogen and oxygen atoms in total. The van der Waals surface area contributed by atoms with E-state index in [1.807, 2.05) is 58.2 Å². The third kappa shape index (κ3) is 4.27. The van der Waals surface area contributed by atoms with Crippen LogP contribution in [0.25, 0.3) is 17.1 Å². The predicted molar refractivity (Wildman–Crippen MR) is 136 cm³/mol. The maximum absolute atomic E-state index is 13.4. The fraction of sp³-hybridized carbons (Fsp3) is 0.400. The Morgan fingerprint density at radius 1 is 1.11 bits per heavy atom. The maximum atomic E-state index is 13.4. The van der Waals surface area contributed by atoms with Gasteiger partial charge in [0.2, 0.25) is 5.91 Å². The summed E-state index contributed by atoms with van der Waals surface area (Å²) in [6.45, 7) is 6.46. The van der Waals surface area contributed by atoms with Crippen LogP contribution in [0.2, 0.25) is 0 Å². The minimum Gasteiger partial charge on any atom is -0.324 e. The highest BCUT2D eigenvalue weighted by Crippen LogP contribution is 2.32. The summed E-state index contributed by atoms with van der Waals surface area (Å²) in [6, 6.07) is 9.41. The summed E-state index contributed by atoms with van der Waals surface area (Å²) in [7, 11) is 1.86. The van der Waals surface area contributed by atoms with Gasteiger partial charge < -0.3 is 9.88 Å². The molecule has 0 bridgehead atoms. The lowest BCUT2D eigenvalue weighted by Gasteiger charge is -2.19. The molecule has 0 saturated carbocycles. The first kappa shape index (κ1) is 23.3. The van der Waals surface area contributed by atoms with E-state index < -0.39 is 5.25 Å². The van der Waals surface area contributed by atoms with Gasteiger partial charge in [0.05, 0.1) is 28.0 Å². The molecule has 2 aromatic rings. The highest BCUT2D eigenvalue weighted by molar-refractivity contribution is 8.00. The zero-order valence-corrected chi connectivity index (χ0v) is 21.2. The van der Waals surface area contributed by atoms with E-state index in [2.05, 4.69) is 20.1 Å². The summed E-state index contributed by atoms with van der Waals surface area (Å²) >= 11 is 1.40. The highest BCUT2D eigenvalue weighted by Gasteiger charge is 2.29. The van der Waals surface area contributed by atoms with Gasteiger partial charge in [-0.2, -0.15) is 9.78 Å². The summed E-state index contributed by atoms with van der Waals surface area (Å²) in [4.78, 5) is 31.3. The number of nitrogens with zero attached hydrogens (tertiary/aromatic N) is 6. The molecule has 1 amide bonds. The van der Waals surface area contributed by atoms with Crippen molar-refractivity contribution in [2.24, 2.45) is 7.05 Å². The second-order valence-electron chi connectivity index (χ2n) is 8.97. The summed E-state index contributed by atoms with van der Waals surface area (Å²) in [5.41, 5.74) is 4.56. The van der Waals surface area contributed by atoms with Crippen LogP contribution >= 0.6 is 11.8 Å². The zero-order valence-electron chi connectivity index (χ0n) is 20.4. The Hall–Kier alpha value is -3.40. The molecule has 1 aromatic heterocycles. The average Bonchev–Trinajstić information content (AvgIpc) is 3.16. The topological polar surface area (TPSA) is 99.6 Å². The fourth-order valence-corrected chi connectivity index (χ4v) is 5.53. The first-order chi connectivity index (χ1) is 16.8. The Kier molecular flexibility index (Phi) is 6.22. The molecule has 3 aliphatic heterocycles. The van der Waals surface area contributed by atoms with Gasteiger partial charge in [-0.25, -0.2) is 4.98 Å². The minimum atomic E-state index is -0.401. The Morgan fingerprint density at radius 3 is 2.60 bits per heavy atom. The summed E-state index contributed by atoms with van der Waals surface area (Å²) < 4.78 is 5.32. The van der Waals surface area contributed by atoms with Crippen molar-refractivity contribution < 1.29 is 4.79 Å². The standard InChI is InChI=1S/C25H29N7O2S/c1-15-21(16(2)30(4)28-15)26-23(33)17(3)35-25-27-22-20(19-13-9-6-10-14-31(19)25)24(34)32(29-22)18-11-7-5-8-12-18/h5,7-8,11-12,17H,6,9-10,13-14H2,1-4H3,(H,26,33)/t17-/m1/s1. The SMILES string of the molecule is Cc1nn(C)c(C)c1NC(=O)[C@@H](C)Sc1nc2nn(-c3ccccc3)c(=O)c-2c2n1CCCCC2. The number of hydrogen-bond acceptors (Lipinski definition) is 6. The van der Waals surface area contributed by atoms with Gasteiger partial charge in [0.15, 0.2) is 11.0 Å². The lowest BCUT2D eigenvalue weighted by Crippen LogP contribution is -2.25. The number of aromatic nitrogens is 6. The second-order valence-corrected chi connectivity index (χ2v) is 10.3. The van der Waals surface area contributed by atoms with E-state index in [0.29, 0.717) is 17.1 Å². The number of carbonyl (C=O) groups is 1. The number of nitrogens with one attached hydrogen (secondary N) is 1. The smallest absolute Gasteiger partial charge is 0.284 e. The van der Waals surface area contributed by atoms with E-state index in [4.69, 9.17) is 4.98 Å². The number of rotatable bonds is 5. The van der Waals surface area contributed by atoms with Gasteiger partial charge in [0, 0.05) is 19.3 Å². The van der Waals surface area contributed by atoms with Crippen LogP contribution in [0.4, 0.5) is 5.69 Å². The van der Waals surface area contributed by atoms with E-state index in [-0.39, 0.29) is 11.5 Å². The van der Waals surface area contributed by atoms with Gasteiger partial charge in [-0.1, -0.05) is 36.4 Å². The normalized spacial score (nSPS) is 14.5. The van der Waals surface area contributed by atoms with Crippen molar-refractivity contribution in [1.29, 1.82) is 0 Å².